The van der Waals surface area contributed by atoms with Crippen LogP contribution < -0.4 is 4.74 Å². The van der Waals surface area contributed by atoms with Crippen molar-refractivity contribution in [1.82, 2.24) is 4.57 Å². The summed E-state index contributed by atoms with van der Waals surface area (Å²) in [6.07, 6.45) is 2.91. The van der Waals surface area contributed by atoms with Crippen molar-refractivity contribution in [3.05, 3.63) is 65.4 Å². The van der Waals surface area contributed by atoms with Crippen LogP contribution in [-0.2, 0) is 7.05 Å². The zero-order chi connectivity index (χ0) is 15.8. The molecule has 3 aromatic rings. The first kappa shape index (κ1) is 14.7. The minimum Gasteiger partial charge on any atom is -0.465 e. The normalized spacial score (nSPS) is 15.8. The van der Waals surface area contributed by atoms with Crippen molar-refractivity contribution < 1.29 is 4.74 Å². The van der Waals surface area contributed by atoms with E-state index in [1.807, 2.05) is 42.3 Å². The highest BCUT2D eigenvalue weighted by atomic mass is 35.5. The monoisotopic (exact) mass is 341 g/mol. The Morgan fingerprint density at radius 1 is 1.13 bits per heavy atom. The predicted molar refractivity (Wildman–Crippen MR) is 98.3 cm³/mol. The van der Waals surface area contributed by atoms with Crippen LogP contribution >= 0.6 is 23.4 Å². The predicted octanol–water partition coefficient (Wildman–Crippen LogP) is 5.75. The smallest absolute Gasteiger partial charge is 0.126 e. The van der Waals surface area contributed by atoms with E-state index in [9.17, 15) is 0 Å². The van der Waals surface area contributed by atoms with Crippen molar-refractivity contribution in [2.24, 2.45) is 7.05 Å². The van der Waals surface area contributed by atoms with Gasteiger partial charge < -0.3 is 9.30 Å². The lowest BCUT2D eigenvalue weighted by atomic mass is 10.0. The Hall–Kier alpha value is -1.84. The number of allylic oxidation sites excluding steroid dienone is 1. The Labute approximate surface area is 144 Å². The number of thioether (sulfide) groups is 1. The lowest BCUT2D eigenvalue weighted by Gasteiger charge is -2.16. The number of ether oxygens (including phenoxy) is 1. The second-order valence-corrected chi connectivity index (χ2v) is 7.09. The molecule has 0 saturated carbocycles. The number of fused-ring (bicyclic) bond motifs is 3. The minimum atomic E-state index is 0.718. The number of aryl methyl sites for hydroxylation is 1. The molecule has 0 saturated heterocycles. The molecule has 4 heteroatoms. The van der Waals surface area contributed by atoms with Gasteiger partial charge in [-0.25, -0.2) is 0 Å². The average molecular weight is 342 g/mol. The molecule has 0 fully saturated rings. The van der Waals surface area contributed by atoms with E-state index in [4.69, 9.17) is 16.3 Å². The molecule has 116 valence electrons. The van der Waals surface area contributed by atoms with Crippen LogP contribution in [0, 0.1) is 0 Å². The van der Waals surface area contributed by atoms with Gasteiger partial charge in [0.25, 0.3) is 0 Å². The van der Waals surface area contributed by atoms with Crippen LogP contribution in [0.3, 0.4) is 0 Å². The van der Waals surface area contributed by atoms with Crippen LogP contribution in [0.4, 0.5) is 0 Å². The van der Waals surface area contributed by atoms with Gasteiger partial charge in [-0.2, -0.15) is 0 Å². The molecule has 2 nitrogen and oxygen atoms in total. The summed E-state index contributed by atoms with van der Waals surface area (Å²) in [6, 6.07) is 16.0. The van der Waals surface area contributed by atoms with E-state index >= 15 is 0 Å². The van der Waals surface area contributed by atoms with Gasteiger partial charge in [0.15, 0.2) is 0 Å². The second kappa shape index (κ2) is 5.99. The third kappa shape index (κ3) is 2.64. The maximum absolute atomic E-state index is 5.92. The summed E-state index contributed by atoms with van der Waals surface area (Å²) >= 11 is 7.84. The first-order chi connectivity index (χ1) is 11.2. The van der Waals surface area contributed by atoms with Crippen LogP contribution in [0.1, 0.15) is 12.0 Å². The molecule has 0 atom stereocenters. The molecule has 1 aromatic heterocycles. The zero-order valence-electron chi connectivity index (χ0n) is 12.8. The molecule has 0 bridgehead atoms. The molecule has 2 heterocycles. The number of benzene rings is 2. The summed E-state index contributed by atoms with van der Waals surface area (Å²) in [5.41, 5.74) is 3.84. The summed E-state index contributed by atoms with van der Waals surface area (Å²) in [5, 5.41) is 3.34. The van der Waals surface area contributed by atoms with Crippen molar-refractivity contribution in [2.75, 3.05) is 5.75 Å². The van der Waals surface area contributed by atoms with Gasteiger partial charge in [0.2, 0.25) is 0 Å². The van der Waals surface area contributed by atoms with E-state index in [0.29, 0.717) is 0 Å². The lowest BCUT2D eigenvalue weighted by molar-refractivity contribution is 0.482. The topological polar surface area (TPSA) is 14.2 Å². The van der Waals surface area contributed by atoms with Crippen molar-refractivity contribution >= 4 is 39.8 Å². The Morgan fingerprint density at radius 3 is 2.74 bits per heavy atom. The van der Waals surface area contributed by atoms with Crippen LogP contribution in [0.5, 0.6) is 5.75 Å². The molecular weight excluding hydrogens is 326 g/mol. The summed E-state index contributed by atoms with van der Waals surface area (Å²) in [6.45, 7) is 0. The lowest BCUT2D eigenvalue weighted by Crippen LogP contribution is -2.01. The second-order valence-electron chi connectivity index (χ2n) is 5.57. The van der Waals surface area contributed by atoms with Crippen LogP contribution in [0.2, 0.25) is 5.02 Å². The van der Waals surface area contributed by atoms with E-state index in [1.165, 1.54) is 27.1 Å². The summed E-state index contributed by atoms with van der Waals surface area (Å²) < 4.78 is 8.16. The summed E-state index contributed by atoms with van der Waals surface area (Å²) in [4.78, 5) is 0. The van der Waals surface area contributed by atoms with Crippen LogP contribution in [0.25, 0.3) is 16.5 Å². The third-order valence-electron chi connectivity index (χ3n) is 4.14. The van der Waals surface area contributed by atoms with Gasteiger partial charge in [0.05, 0.1) is 11.3 Å². The van der Waals surface area contributed by atoms with Gasteiger partial charge in [-0.3, -0.25) is 0 Å². The first-order valence-electron chi connectivity index (χ1n) is 7.56. The fourth-order valence-electron chi connectivity index (χ4n) is 3.00. The maximum Gasteiger partial charge on any atom is 0.126 e. The number of aromatic nitrogens is 1. The quantitative estimate of drug-likeness (QED) is 0.551. The van der Waals surface area contributed by atoms with Crippen molar-refractivity contribution in [1.29, 1.82) is 0 Å². The molecule has 1 aliphatic heterocycles. The zero-order valence-corrected chi connectivity index (χ0v) is 14.3. The molecular formula is C19H16ClNOS. The first-order valence-corrected chi connectivity index (χ1v) is 8.92. The minimum absolute atomic E-state index is 0.718. The third-order valence-corrected chi connectivity index (χ3v) is 5.55. The molecule has 0 unspecified atom stereocenters. The highest BCUT2D eigenvalue weighted by molar-refractivity contribution is 7.99. The Kier molecular flexibility index (Phi) is 3.83. The molecule has 0 amide bonds. The molecule has 4 rings (SSSR count). The van der Waals surface area contributed by atoms with Gasteiger partial charge in [-0.1, -0.05) is 29.8 Å². The largest absolute Gasteiger partial charge is 0.465 e. The number of nitrogens with zero attached hydrogens (tertiary/aromatic N) is 1. The molecule has 2 aromatic carbocycles. The number of hydrogen-bond acceptors (Lipinski definition) is 2. The summed E-state index contributed by atoms with van der Waals surface area (Å²) in [5.74, 6) is 1.88. The molecule has 23 heavy (non-hydrogen) atoms. The molecule has 0 N–H and O–H groups in total. The van der Waals surface area contributed by atoms with Crippen molar-refractivity contribution in [3.8, 4) is 5.75 Å². The molecule has 1 aliphatic rings. The maximum atomic E-state index is 5.92. The molecule has 0 aliphatic carbocycles. The Bertz CT molecular complexity index is 896. The van der Waals surface area contributed by atoms with Crippen LogP contribution in [0.15, 0.2) is 59.8 Å². The fourth-order valence-corrected chi connectivity index (χ4v) is 4.32. The average Bonchev–Trinajstić information content (AvgIpc) is 2.88. The van der Waals surface area contributed by atoms with E-state index in [2.05, 4.69) is 35.9 Å². The Balaban J connectivity index is 1.76. The highest BCUT2D eigenvalue weighted by Gasteiger charge is 2.22. The fraction of sp³-hybridized carbons (Fsp3) is 0.158. The van der Waals surface area contributed by atoms with E-state index in [0.717, 1.165) is 22.9 Å². The number of halogens is 1. The van der Waals surface area contributed by atoms with E-state index in [-0.39, 0.29) is 0 Å². The van der Waals surface area contributed by atoms with Gasteiger partial charge in [-0.15, -0.1) is 11.8 Å². The number of para-hydroxylation sites is 1. The molecule has 0 spiro atoms. The van der Waals surface area contributed by atoms with Gasteiger partial charge in [0, 0.05) is 34.3 Å². The SMILES string of the molecule is Cn1c2c(c3ccccc31)/C(=C/Oc1ccc(Cl)cc1)CCS2. The van der Waals surface area contributed by atoms with Gasteiger partial charge >= 0.3 is 0 Å². The Morgan fingerprint density at radius 2 is 1.91 bits per heavy atom. The number of rotatable bonds is 2. The van der Waals surface area contributed by atoms with E-state index < -0.39 is 0 Å². The molecule has 0 radical (unpaired) electrons. The highest BCUT2D eigenvalue weighted by Crippen LogP contribution is 2.42. The van der Waals surface area contributed by atoms with Crippen molar-refractivity contribution in [3.63, 3.8) is 0 Å². The standard InChI is InChI=1S/C19H16ClNOS/c1-21-17-5-3-2-4-16(17)18-13(10-11-23-19(18)21)12-22-15-8-6-14(20)7-9-15/h2-9,12H,10-11H2,1H3/b13-12+. The number of hydrogen-bond donors (Lipinski definition) is 0. The van der Waals surface area contributed by atoms with Gasteiger partial charge in [-0.05, 0) is 42.3 Å². The van der Waals surface area contributed by atoms with Crippen molar-refractivity contribution in [2.45, 2.75) is 11.4 Å². The van der Waals surface area contributed by atoms with Gasteiger partial charge in [0.1, 0.15) is 5.75 Å². The summed E-state index contributed by atoms with van der Waals surface area (Å²) in [7, 11) is 2.14. The van der Waals surface area contributed by atoms with E-state index in [1.54, 1.807) is 0 Å². The van der Waals surface area contributed by atoms with Crippen LogP contribution in [-0.4, -0.2) is 10.3 Å².